The zero-order valence-corrected chi connectivity index (χ0v) is 11.6. The Hall–Kier alpha value is -1.00. The van der Waals surface area contributed by atoms with Crippen molar-refractivity contribution in [2.24, 2.45) is 0 Å². The van der Waals surface area contributed by atoms with Gasteiger partial charge in [0, 0.05) is 11.4 Å². The molecule has 0 aromatic heterocycles. The molecule has 1 aromatic carbocycles. The van der Waals surface area contributed by atoms with Crippen molar-refractivity contribution in [3.8, 4) is 0 Å². The molecule has 1 aromatic rings. The standard InChI is InChI=1S/C14H20N2OS/c1-18-13-8-3-2-6-11(13)10-16-14(17)12-7-4-5-9-15-12/h2-3,6,8,12,15H,4-5,7,9-10H2,1H3,(H,16,17). The molecule has 0 aliphatic carbocycles. The second kappa shape index (κ2) is 6.81. The van der Waals surface area contributed by atoms with Crippen LogP contribution in [-0.2, 0) is 11.3 Å². The van der Waals surface area contributed by atoms with Gasteiger partial charge in [0.25, 0.3) is 0 Å². The summed E-state index contributed by atoms with van der Waals surface area (Å²) in [4.78, 5) is 13.2. The Morgan fingerprint density at radius 3 is 3.00 bits per heavy atom. The number of piperidine rings is 1. The van der Waals surface area contributed by atoms with Gasteiger partial charge in [0.2, 0.25) is 5.91 Å². The molecule has 3 nitrogen and oxygen atoms in total. The van der Waals surface area contributed by atoms with Crippen molar-refractivity contribution in [1.29, 1.82) is 0 Å². The van der Waals surface area contributed by atoms with Gasteiger partial charge in [0.15, 0.2) is 0 Å². The van der Waals surface area contributed by atoms with Crippen LogP contribution in [0.3, 0.4) is 0 Å². The first-order chi connectivity index (χ1) is 8.81. The summed E-state index contributed by atoms with van der Waals surface area (Å²) in [5.74, 6) is 0.130. The molecule has 0 spiro atoms. The maximum Gasteiger partial charge on any atom is 0.237 e. The second-order valence-electron chi connectivity index (χ2n) is 4.53. The van der Waals surface area contributed by atoms with E-state index in [0.29, 0.717) is 6.54 Å². The molecule has 1 aliphatic rings. The molecule has 1 fully saturated rings. The lowest BCUT2D eigenvalue weighted by Gasteiger charge is -2.22. The SMILES string of the molecule is CSc1ccccc1CNC(=O)C1CCCCN1. The molecular formula is C14H20N2OS. The quantitative estimate of drug-likeness (QED) is 0.819. The third-order valence-corrected chi connectivity index (χ3v) is 4.11. The molecule has 98 valence electrons. The Balaban J connectivity index is 1.88. The highest BCUT2D eigenvalue weighted by atomic mass is 32.2. The predicted octanol–water partition coefficient (Wildman–Crippen LogP) is 2.17. The van der Waals surface area contributed by atoms with Crippen molar-refractivity contribution >= 4 is 17.7 Å². The third kappa shape index (κ3) is 3.50. The normalized spacial score (nSPS) is 19.5. The highest BCUT2D eigenvalue weighted by Crippen LogP contribution is 2.19. The maximum atomic E-state index is 12.0. The van der Waals surface area contributed by atoms with Crippen LogP contribution in [0.25, 0.3) is 0 Å². The molecule has 4 heteroatoms. The van der Waals surface area contributed by atoms with E-state index in [2.05, 4.69) is 29.0 Å². The molecule has 1 saturated heterocycles. The summed E-state index contributed by atoms with van der Waals surface area (Å²) in [6.45, 7) is 1.58. The number of hydrogen-bond acceptors (Lipinski definition) is 3. The Kier molecular flexibility index (Phi) is 5.08. The molecule has 18 heavy (non-hydrogen) atoms. The van der Waals surface area contributed by atoms with Gasteiger partial charge in [-0.15, -0.1) is 11.8 Å². The van der Waals surface area contributed by atoms with E-state index in [0.717, 1.165) is 19.4 Å². The van der Waals surface area contributed by atoms with Gasteiger partial charge >= 0.3 is 0 Å². The number of rotatable bonds is 4. The summed E-state index contributed by atoms with van der Waals surface area (Å²) in [7, 11) is 0. The number of thioether (sulfide) groups is 1. The minimum absolute atomic E-state index is 0.000178. The van der Waals surface area contributed by atoms with Crippen molar-refractivity contribution in [2.45, 2.75) is 36.7 Å². The maximum absolute atomic E-state index is 12.0. The zero-order valence-electron chi connectivity index (χ0n) is 10.7. The number of carbonyl (C=O) groups excluding carboxylic acids is 1. The van der Waals surface area contributed by atoms with E-state index in [1.54, 1.807) is 11.8 Å². The second-order valence-corrected chi connectivity index (χ2v) is 5.38. The van der Waals surface area contributed by atoms with Crippen LogP contribution in [0.4, 0.5) is 0 Å². The molecule has 0 radical (unpaired) electrons. The van der Waals surface area contributed by atoms with Gasteiger partial charge in [0.1, 0.15) is 0 Å². The van der Waals surface area contributed by atoms with Gasteiger partial charge in [-0.05, 0) is 37.3 Å². The summed E-state index contributed by atoms with van der Waals surface area (Å²) in [5, 5.41) is 6.30. The highest BCUT2D eigenvalue weighted by Gasteiger charge is 2.19. The monoisotopic (exact) mass is 264 g/mol. The molecule has 0 bridgehead atoms. The first kappa shape index (κ1) is 13.4. The van der Waals surface area contributed by atoms with Crippen LogP contribution < -0.4 is 10.6 Å². The van der Waals surface area contributed by atoms with Crippen LogP contribution in [0.15, 0.2) is 29.2 Å². The molecule has 1 atom stereocenters. The summed E-state index contributed by atoms with van der Waals surface area (Å²) >= 11 is 1.72. The number of hydrogen-bond donors (Lipinski definition) is 2. The Morgan fingerprint density at radius 1 is 1.44 bits per heavy atom. The fourth-order valence-electron chi connectivity index (χ4n) is 2.23. The zero-order chi connectivity index (χ0) is 12.8. The van der Waals surface area contributed by atoms with Gasteiger partial charge in [0.05, 0.1) is 6.04 Å². The summed E-state index contributed by atoms with van der Waals surface area (Å²) < 4.78 is 0. The van der Waals surface area contributed by atoms with Crippen LogP contribution in [-0.4, -0.2) is 24.7 Å². The summed E-state index contributed by atoms with van der Waals surface area (Å²) in [6, 6.07) is 8.20. The third-order valence-electron chi connectivity index (χ3n) is 3.27. The number of benzene rings is 1. The van der Waals surface area contributed by atoms with Crippen LogP contribution >= 0.6 is 11.8 Å². The lowest BCUT2D eigenvalue weighted by molar-refractivity contribution is -0.123. The molecule has 2 rings (SSSR count). The number of carbonyl (C=O) groups is 1. The topological polar surface area (TPSA) is 41.1 Å². The van der Waals surface area contributed by atoms with E-state index >= 15 is 0 Å². The van der Waals surface area contributed by atoms with Crippen LogP contribution in [0.1, 0.15) is 24.8 Å². The Labute approximate surface area is 113 Å². The van der Waals surface area contributed by atoms with Gasteiger partial charge in [-0.1, -0.05) is 24.6 Å². The van der Waals surface area contributed by atoms with E-state index in [4.69, 9.17) is 0 Å². The minimum atomic E-state index is 0.000178. The first-order valence-corrected chi connectivity index (χ1v) is 7.66. The van der Waals surface area contributed by atoms with Gasteiger partial charge in [-0.3, -0.25) is 4.79 Å². The lowest BCUT2D eigenvalue weighted by Crippen LogP contribution is -2.46. The van der Waals surface area contributed by atoms with E-state index < -0.39 is 0 Å². The van der Waals surface area contributed by atoms with Crippen LogP contribution in [0.5, 0.6) is 0 Å². The number of nitrogens with one attached hydrogen (secondary N) is 2. The summed E-state index contributed by atoms with van der Waals surface area (Å²) in [5.41, 5.74) is 1.19. The highest BCUT2D eigenvalue weighted by molar-refractivity contribution is 7.98. The Morgan fingerprint density at radius 2 is 2.28 bits per heavy atom. The first-order valence-electron chi connectivity index (χ1n) is 6.44. The lowest BCUT2D eigenvalue weighted by atomic mass is 10.0. The van der Waals surface area contributed by atoms with Crippen molar-refractivity contribution in [1.82, 2.24) is 10.6 Å². The smallest absolute Gasteiger partial charge is 0.237 e. The van der Waals surface area contributed by atoms with Gasteiger partial charge in [-0.2, -0.15) is 0 Å². The molecular weight excluding hydrogens is 244 g/mol. The Bertz CT molecular complexity index is 403. The fraction of sp³-hybridized carbons (Fsp3) is 0.500. The largest absolute Gasteiger partial charge is 0.351 e. The van der Waals surface area contributed by atoms with E-state index in [-0.39, 0.29) is 11.9 Å². The van der Waals surface area contributed by atoms with E-state index in [1.807, 2.05) is 12.1 Å². The van der Waals surface area contributed by atoms with Crippen LogP contribution in [0, 0.1) is 0 Å². The minimum Gasteiger partial charge on any atom is -0.351 e. The molecule has 1 aliphatic heterocycles. The molecule has 0 saturated carbocycles. The molecule has 1 amide bonds. The average Bonchev–Trinajstić information content (AvgIpc) is 2.46. The summed E-state index contributed by atoms with van der Waals surface area (Å²) in [6.07, 6.45) is 5.34. The van der Waals surface area contributed by atoms with Crippen molar-refractivity contribution in [2.75, 3.05) is 12.8 Å². The van der Waals surface area contributed by atoms with Crippen LogP contribution in [0.2, 0.25) is 0 Å². The van der Waals surface area contributed by atoms with Gasteiger partial charge < -0.3 is 10.6 Å². The van der Waals surface area contributed by atoms with Crippen molar-refractivity contribution < 1.29 is 4.79 Å². The molecule has 1 heterocycles. The van der Waals surface area contributed by atoms with E-state index in [9.17, 15) is 4.79 Å². The molecule has 2 N–H and O–H groups in total. The number of amides is 1. The van der Waals surface area contributed by atoms with E-state index in [1.165, 1.54) is 16.9 Å². The molecule has 1 unspecified atom stereocenters. The average molecular weight is 264 g/mol. The van der Waals surface area contributed by atoms with Crippen molar-refractivity contribution in [3.63, 3.8) is 0 Å². The van der Waals surface area contributed by atoms with Gasteiger partial charge in [-0.25, -0.2) is 0 Å². The fourth-order valence-corrected chi connectivity index (χ4v) is 2.85. The predicted molar refractivity (Wildman–Crippen MR) is 75.7 cm³/mol. The van der Waals surface area contributed by atoms with Crippen molar-refractivity contribution in [3.05, 3.63) is 29.8 Å².